The molecule has 0 fully saturated rings. The second-order valence-corrected chi connectivity index (χ2v) is 7.40. The smallest absolute Gasteiger partial charge is 0.434 e. The Kier molecular flexibility index (Phi) is 5.42. The maximum Gasteiger partial charge on any atom is 0.434 e. The van der Waals surface area contributed by atoms with Gasteiger partial charge in [-0.3, -0.25) is 0 Å². The highest BCUT2D eigenvalue weighted by atomic mass is 32.1. The molecular weight excluding hydrogens is 387 g/mol. The van der Waals surface area contributed by atoms with Gasteiger partial charge in [0, 0.05) is 22.6 Å². The molecule has 3 rings (SSSR count). The predicted octanol–water partition coefficient (Wildman–Crippen LogP) is 6.56. The Bertz CT molecular complexity index is 983. The minimum Gasteiger partial charge on any atom is -0.437 e. The van der Waals surface area contributed by atoms with Crippen LogP contribution in [0.5, 0.6) is 11.6 Å². The summed E-state index contributed by atoms with van der Waals surface area (Å²) in [5.41, 5.74) is 0.0482. The molecule has 146 valence electrons. The Hall–Kier alpha value is -2.87. The summed E-state index contributed by atoms with van der Waals surface area (Å²) < 4.78 is 44.3. The Morgan fingerprint density at radius 1 is 1.14 bits per heavy atom. The van der Waals surface area contributed by atoms with Gasteiger partial charge in [0.15, 0.2) is 10.8 Å². The molecule has 0 aliphatic carbocycles. The molecule has 2 aromatic heterocycles. The van der Waals surface area contributed by atoms with Gasteiger partial charge in [0.2, 0.25) is 5.88 Å². The lowest BCUT2D eigenvalue weighted by molar-refractivity contribution is -0.140. The van der Waals surface area contributed by atoms with E-state index in [-0.39, 0.29) is 16.4 Å². The van der Waals surface area contributed by atoms with Gasteiger partial charge >= 0.3 is 6.18 Å². The molecule has 2 heterocycles. The van der Waals surface area contributed by atoms with E-state index in [0.717, 1.165) is 22.3 Å². The van der Waals surface area contributed by atoms with Crippen molar-refractivity contribution < 1.29 is 17.9 Å². The zero-order chi connectivity index (χ0) is 20.4. The first-order valence-corrected chi connectivity index (χ1v) is 9.24. The van der Waals surface area contributed by atoms with Crippen molar-refractivity contribution in [1.29, 1.82) is 0 Å². The van der Waals surface area contributed by atoms with Crippen molar-refractivity contribution >= 4 is 22.2 Å². The number of hydrogen-bond donors (Lipinski definition) is 1. The van der Waals surface area contributed by atoms with E-state index in [9.17, 15) is 13.2 Å². The van der Waals surface area contributed by atoms with Crippen molar-refractivity contribution in [2.45, 2.75) is 25.4 Å². The number of rotatable bonds is 6. The minimum atomic E-state index is -4.49. The highest BCUT2D eigenvalue weighted by Crippen LogP contribution is 2.38. The molecule has 0 bridgehead atoms. The number of pyridine rings is 1. The number of para-hydroxylation sites is 1. The van der Waals surface area contributed by atoms with E-state index in [0.29, 0.717) is 11.4 Å². The maximum absolute atomic E-state index is 12.8. The van der Waals surface area contributed by atoms with Crippen molar-refractivity contribution in [3.63, 3.8) is 0 Å². The fourth-order valence-corrected chi connectivity index (χ4v) is 3.18. The fraction of sp³-hybridized carbons (Fsp3) is 0.200. The molecule has 28 heavy (non-hydrogen) atoms. The minimum absolute atomic E-state index is 0.102. The summed E-state index contributed by atoms with van der Waals surface area (Å²) in [6.45, 7) is 7.89. The summed E-state index contributed by atoms with van der Waals surface area (Å²) in [6, 6.07) is 10.8. The zero-order valence-electron chi connectivity index (χ0n) is 15.2. The molecule has 0 saturated heterocycles. The third-order valence-corrected chi connectivity index (χ3v) is 4.86. The normalized spacial score (nSPS) is 11.9. The Morgan fingerprint density at radius 2 is 1.89 bits per heavy atom. The topological polar surface area (TPSA) is 47.0 Å². The zero-order valence-corrected chi connectivity index (χ0v) is 16.1. The van der Waals surface area contributed by atoms with Gasteiger partial charge < -0.3 is 10.1 Å². The van der Waals surface area contributed by atoms with Crippen LogP contribution in [0.15, 0.2) is 60.6 Å². The molecule has 0 amide bonds. The van der Waals surface area contributed by atoms with E-state index in [4.69, 9.17) is 4.74 Å². The number of thiazole rings is 1. The van der Waals surface area contributed by atoms with E-state index >= 15 is 0 Å². The number of hydrogen-bond acceptors (Lipinski definition) is 5. The maximum atomic E-state index is 12.8. The Balaban J connectivity index is 1.90. The lowest BCUT2D eigenvalue weighted by Crippen LogP contribution is -2.14. The highest BCUT2D eigenvalue weighted by molar-refractivity contribution is 7.13. The van der Waals surface area contributed by atoms with Gasteiger partial charge in [-0.15, -0.1) is 17.9 Å². The number of aromatic nitrogens is 2. The van der Waals surface area contributed by atoms with Crippen molar-refractivity contribution in [3.05, 3.63) is 71.9 Å². The van der Waals surface area contributed by atoms with Crippen LogP contribution in [0.4, 0.5) is 24.0 Å². The van der Waals surface area contributed by atoms with Crippen LogP contribution < -0.4 is 10.1 Å². The summed E-state index contributed by atoms with van der Waals surface area (Å²) in [5, 5.41) is 3.92. The van der Waals surface area contributed by atoms with Gasteiger partial charge in [-0.05, 0) is 18.2 Å². The number of nitrogens with one attached hydrogen (secondary N) is 1. The summed E-state index contributed by atoms with van der Waals surface area (Å²) in [4.78, 5) is 7.80. The van der Waals surface area contributed by atoms with Gasteiger partial charge in [-0.1, -0.05) is 38.1 Å². The average Bonchev–Trinajstić information content (AvgIpc) is 3.13. The number of halogens is 3. The molecule has 4 nitrogen and oxygen atoms in total. The largest absolute Gasteiger partial charge is 0.437 e. The van der Waals surface area contributed by atoms with Gasteiger partial charge in [0.1, 0.15) is 11.4 Å². The number of anilines is 2. The average molecular weight is 405 g/mol. The lowest BCUT2D eigenvalue weighted by Gasteiger charge is -2.23. The standard InChI is InChI=1S/C20H18F3N3OS/c1-4-19(2,3)13-8-5-6-10-15(13)27-17-14(9-7-11-24-17)25-18-26-16(12-28-18)20(21,22)23/h4-12H,1H2,2-3H3,(H,25,26). The van der Waals surface area contributed by atoms with Crippen LogP contribution in [-0.4, -0.2) is 9.97 Å². The third-order valence-electron chi connectivity index (χ3n) is 4.11. The predicted molar refractivity (Wildman–Crippen MR) is 104 cm³/mol. The molecule has 0 atom stereocenters. The van der Waals surface area contributed by atoms with Gasteiger partial charge in [0.05, 0.1) is 0 Å². The lowest BCUT2D eigenvalue weighted by atomic mass is 9.84. The van der Waals surface area contributed by atoms with Crippen LogP contribution in [0.2, 0.25) is 0 Å². The van der Waals surface area contributed by atoms with E-state index in [1.165, 1.54) is 0 Å². The quantitative estimate of drug-likeness (QED) is 0.472. The molecule has 0 aliphatic heterocycles. The van der Waals surface area contributed by atoms with E-state index in [1.807, 2.05) is 44.2 Å². The van der Waals surface area contributed by atoms with E-state index < -0.39 is 11.9 Å². The number of allylic oxidation sites excluding steroid dienone is 1. The highest BCUT2D eigenvalue weighted by Gasteiger charge is 2.33. The van der Waals surface area contributed by atoms with Gasteiger partial charge in [0.25, 0.3) is 0 Å². The molecule has 0 saturated carbocycles. The first-order valence-electron chi connectivity index (χ1n) is 8.36. The molecule has 1 N–H and O–H groups in total. The molecule has 0 spiro atoms. The van der Waals surface area contributed by atoms with Crippen LogP contribution in [0.25, 0.3) is 0 Å². The number of benzene rings is 1. The SMILES string of the molecule is C=CC(C)(C)c1ccccc1Oc1ncccc1Nc1nc(C(F)(F)F)cs1. The molecular formula is C20H18F3N3OS. The first kappa shape index (κ1) is 19.9. The summed E-state index contributed by atoms with van der Waals surface area (Å²) in [5.74, 6) is 0.822. The second-order valence-electron chi connectivity index (χ2n) is 6.54. The molecule has 0 unspecified atom stereocenters. The van der Waals surface area contributed by atoms with Crippen molar-refractivity contribution in [2.24, 2.45) is 0 Å². The molecule has 1 aromatic carbocycles. The second kappa shape index (κ2) is 7.63. The van der Waals surface area contributed by atoms with Gasteiger partial charge in [-0.25, -0.2) is 9.97 Å². The summed E-state index contributed by atoms with van der Waals surface area (Å²) >= 11 is 0.858. The number of nitrogens with zero attached hydrogens (tertiary/aromatic N) is 2. The van der Waals surface area contributed by atoms with Crippen LogP contribution in [-0.2, 0) is 11.6 Å². The Morgan fingerprint density at radius 3 is 2.57 bits per heavy atom. The van der Waals surface area contributed by atoms with Crippen LogP contribution in [0.3, 0.4) is 0 Å². The molecule has 0 radical (unpaired) electrons. The Labute approximate surface area is 164 Å². The monoisotopic (exact) mass is 405 g/mol. The van der Waals surface area contributed by atoms with Crippen LogP contribution in [0.1, 0.15) is 25.1 Å². The molecule has 8 heteroatoms. The van der Waals surface area contributed by atoms with Crippen molar-refractivity contribution in [3.8, 4) is 11.6 Å². The first-order chi connectivity index (χ1) is 13.2. The summed E-state index contributed by atoms with van der Waals surface area (Å²) in [7, 11) is 0. The number of alkyl halides is 3. The molecule has 0 aliphatic rings. The van der Waals surface area contributed by atoms with E-state index in [2.05, 4.69) is 21.9 Å². The molecule has 3 aromatic rings. The number of ether oxygens (including phenoxy) is 1. The van der Waals surface area contributed by atoms with Crippen molar-refractivity contribution in [1.82, 2.24) is 9.97 Å². The fourth-order valence-electron chi connectivity index (χ4n) is 2.45. The van der Waals surface area contributed by atoms with Gasteiger partial charge in [-0.2, -0.15) is 13.2 Å². The summed E-state index contributed by atoms with van der Waals surface area (Å²) in [6.07, 6.45) is -1.12. The van der Waals surface area contributed by atoms with E-state index in [1.54, 1.807) is 18.3 Å². The van der Waals surface area contributed by atoms with Crippen LogP contribution >= 0.6 is 11.3 Å². The van der Waals surface area contributed by atoms with Crippen molar-refractivity contribution in [2.75, 3.05) is 5.32 Å². The third kappa shape index (κ3) is 4.33. The van der Waals surface area contributed by atoms with Crippen LogP contribution in [0, 0.1) is 0 Å².